The molecule has 0 amide bonds. The molecule has 0 saturated heterocycles. The van der Waals surface area contributed by atoms with E-state index in [-0.39, 0.29) is 6.04 Å². The molecule has 0 aliphatic carbocycles. The lowest BCUT2D eigenvalue weighted by atomic mass is 10.3. The van der Waals surface area contributed by atoms with E-state index in [4.69, 9.17) is 5.73 Å². The number of aromatic nitrogens is 3. The maximum Gasteiger partial charge on any atom is 0.165 e. The summed E-state index contributed by atoms with van der Waals surface area (Å²) in [5.74, 6) is 0.643. The SMILES string of the molecule is CC(N)c1ncc2ccc(Br)n2n1. The van der Waals surface area contributed by atoms with E-state index in [1.165, 1.54) is 0 Å². The normalized spacial score (nSPS) is 13.5. The third kappa shape index (κ3) is 1.45. The van der Waals surface area contributed by atoms with Crippen LogP contribution < -0.4 is 5.73 Å². The molecule has 68 valence electrons. The molecule has 0 fully saturated rings. The van der Waals surface area contributed by atoms with Crippen LogP contribution in [0.1, 0.15) is 18.8 Å². The second-order valence-electron chi connectivity index (χ2n) is 2.90. The van der Waals surface area contributed by atoms with E-state index >= 15 is 0 Å². The lowest BCUT2D eigenvalue weighted by Gasteiger charge is -2.03. The van der Waals surface area contributed by atoms with Gasteiger partial charge in [-0.25, -0.2) is 9.50 Å². The van der Waals surface area contributed by atoms with Crippen LogP contribution in [0.2, 0.25) is 0 Å². The van der Waals surface area contributed by atoms with Crippen LogP contribution in [-0.4, -0.2) is 14.6 Å². The molecular weight excluding hydrogens is 232 g/mol. The molecule has 1 atom stereocenters. The summed E-state index contributed by atoms with van der Waals surface area (Å²) in [4.78, 5) is 4.14. The molecule has 1 unspecified atom stereocenters. The van der Waals surface area contributed by atoms with Gasteiger partial charge in [-0.2, -0.15) is 5.10 Å². The van der Waals surface area contributed by atoms with Crippen LogP contribution in [0.3, 0.4) is 0 Å². The molecule has 0 spiro atoms. The van der Waals surface area contributed by atoms with Crippen LogP contribution in [-0.2, 0) is 0 Å². The van der Waals surface area contributed by atoms with E-state index < -0.39 is 0 Å². The Kier molecular flexibility index (Phi) is 2.05. The van der Waals surface area contributed by atoms with Crippen molar-refractivity contribution in [1.82, 2.24) is 14.6 Å². The summed E-state index contributed by atoms with van der Waals surface area (Å²) in [6, 6.07) is 3.73. The van der Waals surface area contributed by atoms with Gasteiger partial charge < -0.3 is 5.73 Å². The highest BCUT2D eigenvalue weighted by Gasteiger charge is 2.05. The molecule has 0 bridgehead atoms. The van der Waals surface area contributed by atoms with E-state index in [2.05, 4.69) is 26.0 Å². The summed E-state index contributed by atoms with van der Waals surface area (Å²) in [7, 11) is 0. The molecule has 2 rings (SSSR count). The molecule has 4 nitrogen and oxygen atoms in total. The molecule has 2 aromatic heterocycles. The predicted molar refractivity (Wildman–Crippen MR) is 53.3 cm³/mol. The Morgan fingerprint density at radius 1 is 1.54 bits per heavy atom. The molecule has 13 heavy (non-hydrogen) atoms. The van der Waals surface area contributed by atoms with Gasteiger partial charge in [0.1, 0.15) is 4.60 Å². The van der Waals surface area contributed by atoms with Crippen LogP contribution in [0, 0.1) is 0 Å². The fourth-order valence-electron chi connectivity index (χ4n) is 1.09. The van der Waals surface area contributed by atoms with Gasteiger partial charge in [0.25, 0.3) is 0 Å². The molecule has 2 heterocycles. The number of hydrogen-bond acceptors (Lipinski definition) is 3. The molecule has 2 aromatic rings. The fraction of sp³-hybridized carbons (Fsp3) is 0.250. The van der Waals surface area contributed by atoms with Crippen molar-refractivity contribution < 1.29 is 0 Å². The summed E-state index contributed by atoms with van der Waals surface area (Å²) in [5, 5.41) is 4.27. The Morgan fingerprint density at radius 2 is 2.31 bits per heavy atom. The first kappa shape index (κ1) is 8.65. The van der Waals surface area contributed by atoms with Crippen LogP contribution >= 0.6 is 15.9 Å². The number of fused-ring (bicyclic) bond motifs is 1. The Morgan fingerprint density at radius 3 is 3.00 bits per heavy atom. The zero-order chi connectivity index (χ0) is 9.42. The quantitative estimate of drug-likeness (QED) is 0.823. The van der Waals surface area contributed by atoms with E-state index in [1.807, 2.05) is 19.1 Å². The van der Waals surface area contributed by atoms with Gasteiger partial charge in [-0.05, 0) is 35.0 Å². The molecule has 0 aliphatic heterocycles. The molecule has 2 N–H and O–H groups in total. The topological polar surface area (TPSA) is 56.2 Å². The highest BCUT2D eigenvalue weighted by molar-refractivity contribution is 9.10. The lowest BCUT2D eigenvalue weighted by Crippen LogP contribution is -2.12. The van der Waals surface area contributed by atoms with Crippen molar-refractivity contribution in [2.45, 2.75) is 13.0 Å². The predicted octanol–water partition coefficient (Wildman–Crippen LogP) is 1.51. The third-order valence-corrected chi connectivity index (χ3v) is 2.38. The first-order valence-corrected chi connectivity index (χ1v) is 4.73. The van der Waals surface area contributed by atoms with Gasteiger partial charge in [-0.1, -0.05) is 0 Å². The van der Waals surface area contributed by atoms with E-state index in [0.29, 0.717) is 5.82 Å². The molecule has 0 aromatic carbocycles. The van der Waals surface area contributed by atoms with Gasteiger partial charge >= 0.3 is 0 Å². The number of nitrogens with zero attached hydrogens (tertiary/aromatic N) is 3. The highest BCUT2D eigenvalue weighted by atomic mass is 79.9. The second kappa shape index (κ2) is 3.08. The standard InChI is InChI=1S/C8H9BrN4/c1-5(10)8-11-4-6-2-3-7(9)13(6)12-8/h2-5H,10H2,1H3. The van der Waals surface area contributed by atoms with Crippen molar-refractivity contribution in [3.63, 3.8) is 0 Å². The second-order valence-corrected chi connectivity index (χ2v) is 3.71. The molecule has 0 saturated carbocycles. The average molecular weight is 241 g/mol. The maximum atomic E-state index is 5.67. The van der Waals surface area contributed by atoms with E-state index in [1.54, 1.807) is 10.7 Å². The van der Waals surface area contributed by atoms with Crippen molar-refractivity contribution >= 4 is 21.4 Å². The number of hydrogen-bond donors (Lipinski definition) is 1. The first-order valence-electron chi connectivity index (χ1n) is 3.94. The maximum absolute atomic E-state index is 5.67. The minimum Gasteiger partial charge on any atom is -0.321 e. The number of nitrogens with two attached hydrogens (primary N) is 1. The van der Waals surface area contributed by atoms with Crippen LogP contribution in [0.5, 0.6) is 0 Å². The van der Waals surface area contributed by atoms with Crippen molar-refractivity contribution in [3.8, 4) is 0 Å². The minimum atomic E-state index is -0.140. The van der Waals surface area contributed by atoms with Crippen molar-refractivity contribution in [2.75, 3.05) is 0 Å². The van der Waals surface area contributed by atoms with Crippen LogP contribution in [0.25, 0.3) is 5.52 Å². The van der Waals surface area contributed by atoms with E-state index in [0.717, 1.165) is 10.1 Å². The van der Waals surface area contributed by atoms with Crippen molar-refractivity contribution in [2.24, 2.45) is 5.73 Å². The molecular formula is C8H9BrN4. The Bertz CT molecular complexity index is 435. The summed E-state index contributed by atoms with van der Waals surface area (Å²) in [6.07, 6.45) is 1.76. The average Bonchev–Trinajstić information content (AvgIpc) is 2.47. The van der Waals surface area contributed by atoms with Crippen LogP contribution in [0.15, 0.2) is 22.9 Å². The Hall–Kier alpha value is -0.940. The smallest absolute Gasteiger partial charge is 0.165 e. The number of rotatable bonds is 1. The summed E-state index contributed by atoms with van der Waals surface area (Å²) in [5.41, 5.74) is 6.62. The Labute approximate surface area is 83.9 Å². The van der Waals surface area contributed by atoms with Gasteiger partial charge in [-0.15, -0.1) is 0 Å². The van der Waals surface area contributed by atoms with E-state index in [9.17, 15) is 0 Å². The summed E-state index contributed by atoms with van der Waals surface area (Å²) >= 11 is 3.38. The van der Waals surface area contributed by atoms with Gasteiger partial charge in [0.05, 0.1) is 17.8 Å². The molecule has 0 radical (unpaired) electrons. The highest BCUT2D eigenvalue weighted by Crippen LogP contribution is 2.14. The molecule has 5 heteroatoms. The fourth-order valence-corrected chi connectivity index (χ4v) is 1.51. The van der Waals surface area contributed by atoms with Gasteiger partial charge in [0, 0.05) is 0 Å². The first-order chi connectivity index (χ1) is 6.18. The van der Waals surface area contributed by atoms with Gasteiger partial charge in [0.2, 0.25) is 0 Å². The van der Waals surface area contributed by atoms with Crippen molar-refractivity contribution in [1.29, 1.82) is 0 Å². The van der Waals surface area contributed by atoms with Crippen LogP contribution in [0.4, 0.5) is 0 Å². The van der Waals surface area contributed by atoms with Gasteiger partial charge in [-0.3, -0.25) is 0 Å². The number of halogens is 1. The third-order valence-electron chi connectivity index (χ3n) is 1.78. The zero-order valence-corrected chi connectivity index (χ0v) is 8.69. The lowest BCUT2D eigenvalue weighted by molar-refractivity contribution is 0.691. The largest absolute Gasteiger partial charge is 0.321 e. The zero-order valence-electron chi connectivity index (χ0n) is 7.11. The Balaban J connectivity index is 2.66. The van der Waals surface area contributed by atoms with Crippen molar-refractivity contribution in [3.05, 3.63) is 28.8 Å². The minimum absolute atomic E-state index is 0.140. The monoisotopic (exact) mass is 240 g/mol. The summed E-state index contributed by atoms with van der Waals surface area (Å²) < 4.78 is 2.68. The summed E-state index contributed by atoms with van der Waals surface area (Å²) in [6.45, 7) is 1.86. The van der Waals surface area contributed by atoms with Gasteiger partial charge in [0.15, 0.2) is 5.82 Å². The molecule has 0 aliphatic rings.